The second-order valence-corrected chi connectivity index (χ2v) is 24.0. The highest BCUT2D eigenvalue weighted by atomic mass is 32.2. The molecule has 6 aromatic rings. The maximum Gasteiger partial charge on any atom is 0.267 e. The van der Waals surface area contributed by atoms with E-state index in [4.69, 9.17) is 0 Å². The van der Waals surface area contributed by atoms with Crippen LogP contribution in [0.15, 0.2) is 97.1 Å². The van der Waals surface area contributed by atoms with Crippen molar-refractivity contribution in [3.05, 3.63) is 108 Å². The Morgan fingerprint density at radius 3 is 1.30 bits per heavy atom. The second-order valence-electron chi connectivity index (χ2n) is 20.3. The molecular formula is C50H48N2O6S2. The highest BCUT2D eigenvalue weighted by Gasteiger charge is 2.73. The summed E-state index contributed by atoms with van der Waals surface area (Å²) in [6.45, 7) is 8.77. The van der Waals surface area contributed by atoms with E-state index in [0.717, 1.165) is 92.7 Å². The fourth-order valence-corrected chi connectivity index (χ4v) is 19.4. The summed E-state index contributed by atoms with van der Waals surface area (Å²) < 4.78 is 58.2. The summed E-state index contributed by atoms with van der Waals surface area (Å²) in [4.78, 5) is 29.1. The van der Waals surface area contributed by atoms with Crippen LogP contribution in [-0.2, 0) is 20.0 Å². The van der Waals surface area contributed by atoms with Crippen molar-refractivity contribution in [1.82, 2.24) is 8.61 Å². The second kappa shape index (κ2) is 11.6. The molecule has 306 valence electrons. The summed E-state index contributed by atoms with van der Waals surface area (Å²) in [5, 5.41) is 7.46. The molecule has 4 bridgehead atoms. The van der Waals surface area contributed by atoms with Crippen LogP contribution in [0.2, 0.25) is 0 Å². The third kappa shape index (κ3) is 4.42. The van der Waals surface area contributed by atoms with Gasteiger partial charge < -0.3 is 0 Å². The van der Waals surface area contributed by atoms with Crippen molar-refractivity contribution < 1.29 is 26.4 Å². The Labute approximate surface area is 351 Å². The van der Waals surface area contributed by atoms with Gasteiger partial charge >= 0.3 is 0 Å². The molecule has 4 saturated carbocycles. The van der Waals surface area contributed by atoms with E-state index in [-0.39, 0.29) is 34.4 Å². The number of carbonyl (C=O) groups excluding carboxylic acids is 2. The molecule has 4 aliphatic carbocycles. The molecule has 0 N–H and O–H groups in total. The fourth-order valence-electron chi connectivity index (χ4n) is 14.3. The lowest BCUT2D eigenvalue weighted by molar-refractivity contribution is 0.0693. The molecule has 0 radical (unpaired) electrons. The number of benzene rings is 6. The van der Waals surface area contributed by atoms with Gasteiger partial charge in [-0.05, 0) is 152 Å². The fraction of sp³-hybridized carbons (Fsp3) is 0.400. The lowest BCUT2D eigenvalue weighted by atomic mass is 9.69. The van der Waals surface area contributed by atoms with Gasteiger partial charge in [-0.3, -0.25) is 9.59 Å². The molecule has 6 fully saturated rings. The zero-order valence-electron chi connectivity index (χ0n) is 34.4. The van der Waals surface area contributed by atoms with Gasteiger partial charge in [0.05, 0.1) is 23.6 Å². The number of amides is 2. The Balaban J connectivity index is 1.01. The van der Waals surface area contributed by atoms with Gasteiger partial charge in [-0.25, -0.2) is 25.4 Å². The SMILES string of the molecule is CC1(C)[C@@H]2CC[C@]13CS(=O)(=O)N(C(=O)c1ccc4c(-c5c6ccccc6cc6cc(C(=O)N7[C@@H]8C[C@H]9CC[C@]8(CS7(=O)=O)C9(C)C)ccc56)c5ccccc5cc4c1)[C@@H]3C2. The topological polar surface area (TPSA) is 109 Å². The monoisotopic (exact) mass is 836 g/mol. The van der Waals surface area contributed by atoms with Gasteiger partial charge in [0, 0.05) is 22.0 Å². The molecule has 0 aromatic heterocycles. The van der Waals surface area contributed by atoms with Crippen molar-refractivity contribution >= 4 is 75.0 Å². The molecule has 6 aliphatic rings. The molecule has 8 nitrogen and oxygen atoms in total. The zero-order chi connectivity index (χ0) is 41.5. The first-order chi connectivity index (χ1) is 28.5. The van der Waals surface area contributed by atoms with Crippen LogP contribution >= 0.6 is 0 Å². The smallest absolute Gasteiger partial charge is 0.267 e. The summed E-state index contributed by atoms with van der Waals surface area (Å²) in [6, 6.07) is 31.1. The van der Waals surface area contributed by atoms with E-state index in [1.54, 1.807) is 12.1 Å². The molecule has 10 heteroatoms. The van der Waals surface area contributed by atoms with Gasteiger partial charge in [0.2, 0.25) is 20.0 Å². The molecule has 6 aromatic carbocycles. The molecule has 2 saturated heterocycles. The van der Waals surface area contributed by atoms with Crippen molar-refractivity contribution in [2.75, 3.05) is 11.5 Å². The lowest BCUT2D eigenvalue weighted by Crippen LogP contribution is -2.44. The quantitative estimate of drug-likeness (QED) is 0.164. The summed E-state index contributed by atoms with van der Waals surface area (Å²) in [7, 11) is -7.61. The number of hydrogen-bond donors (Lipinski definition) is 0. The van der Waals surface area contributed by atoms with Gasteiger partial charge in [-0.1, -0.05) is 88.4 Å². The molecule has 60 heavy (non-hydrogen) atoms. The minimum Gasteiger partial charge on any atom is -0.268 e. The summed E-state index contributed by atoms with van der Waals surface area (Å²) >= 11 is 0. The number of nitrogens with zero attached hydrogens (tertiary/aromatic N) is 2. The minimum atomic E-state index is -3.81. The molecular weight excluding hydrogens is 789 g/mol. The van der Waals surface area contributed by atoms with Crippen molar-refractivity contribution in [1.29, 1.82) is 0 Å². The van der Waals surface area contributed by atoms with Gasteiger partial charge in [0.15, 0.2) is 0 Å². The van der Waals surface area contributed by atoms with Crippen LogP contribution in [0.25, 0.3) is 54.2 Å². The standard InChI is InChI=1S/C50H48N2O6S2/c1-47(2)35-17-19-49(47)27-59(55,56)51(41(49)25-35)45(53)31-13-15-39-33(23-31)21-29-9-5-7-11-37(29)43(39)44-38-12-8-6-10-30(38)22-34-24-32(14-16-40(34)44)46(54)52-42-26-36-18-20-50(42,48(36,3)4)28-60(52,57)58/h5-16,21-24,35-36,41-42H,17-20,25-28H2,1-4H3/t35-,36-,41-,42-,49-,50-/m1/s1. The van der Waals surface area contributed by atoms with Gasteiger partial charge in [0.1, 0.15) is 0 Å². The predicted molar refractivity (Wildman–Crippen MR) is 237 cm³/mol. The molecule has 2 amide bonds. The van der Waals surface area contributed by atoms with Crippen LogP contribution in [-0.4, -0.2) is 60.8 Å². The maximum absolute atomic E-state index is 14.5. The Kier molecular flexibility index (Phi) is 7.13. The first kappa shape index (κ1) is 37.0. The third-order valence-corrected chi connectivity index (χ3v) is 21.5. The molecule has 12 rings (SSSR count). The van der Waals surface area contributed by atoms with Crippen molar-refractivity contribution in [2.24, 2.45) is 33.5 Å². The average Bonchev–Trinajstić information content (AvgIpc) is 3.91. The summed E-state index contributed by atoms with van der Waals surface area (Å²) in [5.41, 5.74) is 1.54. The van der Waals surface area contributed by atoms with E-state index in [1.165, 1.54) is 8.61 Å². The Hall–Kier alpha value is -4.80. The minimum absolute atomic E-state index is 0.0254. The van der Waals surface area contributed by atoms with Crippen LogP contribution in [0.4, 0.5) is 0 Å². The van der Waals surface area contributed by atoms with Gasteiger partial charge in [-0.2, -0.15) is 0 Å². The number of fused-ring (bicyclic) bond motifs is 6. The van der Waals surface area contributed by atoms with E-state index in [1.807, 2.05) is 48.5 Å². The van der Waals surface area contributed by atoms with Crippen molar-refractivity contribution in [3.63, 3.8) is 0 Å². The van der Waals surface area contributed by atoms with Crippen LogP contribution in [0, 0.1) is 33.5 Å². The van der Waals surface area contributed by atoms with Gasteiger partial charge in [0.25, 0.3) is 11.8 Å². The molecule has 2 aliphatic heterocycles. The van der Waals surface area contributed by atoms with Crippen LogP contribution in [0.3, 0.4) is 0 Å². The van der Waals surface area contributed by atoms with Crippen molar-refractivity contribution in [3.8, 4) is 11.1 Å². The number of hydrogen-bond acceptors (Lipinski definition) is 6. The van der Waals surface area contributed by atoms with E-state index in [9.17, 15) is 26.4 Å². The van der Waals surface area contributed by atoms with Crippen LogP contribution in [0.5, 0.6) is 0 Å². The highest BCUT2D eigenvalue weighted by molar-refractivity contribution is 7.90. The summed E-state index contributed by atoms with van der Waals surface area (Å²) in [5.74, 6) is -0.0543. The van der Waals surface area contributed by atoms with Crippen molar-refractivity contribution in [2.45, 2.75) is 78.3 Å². The number of carbonyl (C=O) groups is 2. The Bertz CT molecular complexity index is 3000. The first-order valence-electron chi connectivity index (χ1n) is 21.5. The largest absolute Gasteiger partial charge is 0.268 e. The molecule has 2 heterocycles. The third-order valence-electron chi connectivity index (χ3n) is 17.7. The van der Waals surface area contributed by atoms with Crippen LogP contribution < -0.4 is 0 Å². The van der Waals surface area contributed by atoms with E-state index in [0.29, 0.717) is 23.0 Å². The maximum atomic E-state index is 14.5. The number of rotatable bonds is 3. The first-order valence-corrected chi connectivity index (χ1v) is 24.8. The average molecular weight is 837 g/mol. The van der Waals surface area contributed by atoms with Gasteiger partial charge in [-0.15, -0.1) is 0 Å². The molecule has 6 atom stereocenters. The zero-order valence-corrected chi connectivity index (χ0v) is 36.0. The lowest BCUT2D eigenvalue weighted by Gasteiger charge is -2.37. The van der Waals surface area contributed by atoms with Crippen LogP contribution in [0.1, 0.15) is 86.9 Å². The highest BCUT2D eigenvalue weighted by Crippen LogP contribution is 2.71. The van der Waals surface area contributed by atoms with E-state index < -0.39 is 42.7 Å². The Morgan fingerprint density at radius 2 is 0.900 bits per heavy atom. The normalized spacial score (nSPS) is 31.1. The predicted octanol–water partition coefficient (Wildman–Crippen LogP) is 9.93. The number of sulfonamides is 2. The Morgan fingerprint density at radius 1 is 0.517 bits per heavy atom. The van der Waals surface area contributed by atoms with E-state index in [2.05, 4.69) is 64.1 Å². The molecule has 2 spiro atoms. The summed E-state index contributed by atoms with van der Waals surface area (Å²) in [6.07, 6.45) is 5.11. The molecule has 0 unspecified atom stereocenters. The van der Waals surface area contributed by atoms with E-state index >= 15 is 0 Å².